The highest BCUT2D eigenvalue weighted by atomic mass is 19.5. The van der Waals surface area contributed by atoms with Gasteiger partial charge in [0.2, 0.25) is 6.23 Å². The molecule has 25 heavy (non-hydrogen) atoms. The van der Waals surface area contributed by atoms with Gasteiger partial charge >= 0.3 is 18.8 Å². The summed E-state index contributed by atoms with van der Waals surface area (Å²) in [6, 6.07) is 4.22. The van der Waals surface area contributed by atoms with E-state index in [1.807, 2.05) is 0 Å². The molecule has 4 rings (SSSR count). The number of halogens is 4. The first-order chi connectivity index (χ1) is 11.6. The van der Waals surface area contributed by atoms with E-state index in [4.69, 9.17) is 14.9 Å². The Bertz CT molecular complexity index is 909. The van der Waals surface area contributed by atoms with E-state index in [0.717, 1.165) is 0 Å². The van der Waals surface area contributed by atoms with Crippen LogP contribution in [0.5, 0.6) is 11.5 Å². The summed E-state index contributed by atoms with van der Waals surface area (Å²) in [5.74, 6) is 0.911. The summed E-state index contributed by atoms with van der Waals surface area (Å²) >= 11 is 0. The fraction of sp³-hybridized carbons (Fsp3) is 0.231. The van der Waals surface area contributed by atoms with Crippen molar-refractivity contribution in [3.8, 4) is 11.5 Å². The lowest BCUT2D eigenvalue weighted by atomic mass is 9.95. The number of fused-ring (bicyclic) bond motifs is 6. The molecule has 2 aromatic rings. The number of hydrogen-bond donors (Lipinski definition) is 4. The Hall–Kier alpha value is -2.92. The fourth-order valence-electron chi connectivity index (χ4n) is 2.79. The summed E-state index contributed by atoms with van der Waals surface area (Å²) in [4.78, 5) is 14.4. The van der Waals surface area contributed by atoms with Gasteiger partial charge in [0.25, 0.3) is 0 Å². The zero-order valence-electron chi connectivity index (χ0n) is 12.4. The van der Waals surface area contributed by atoms with Gasteiger partial charge in [0.15, 0.2) is 5.58 Å². The number of nitrogens with one attached hydrogen (secondary N) is 2. The molecule has 134 valence electrons. The van der Waals surface area contributed by atoms with E-state index in [2.05, 4.69) is 10.3 Å². The highest BCUT2D eigenvalue weighted by molar-refractivity contribution is 6.50. The molecule has 0 radical (unpaired) electrons. The molecule has 0 amide bonds. The van der Waals surface area contributed by atoms with E-state index in [0.29, 0.717) is 34.7 Å². The number of benzene rings is 1. The minimum atomic E-state index is -6.00. The highest BCUT2D eigenvalue weighted by Crippen LogP contribution is 2.42. The maximum Gasteiger partial charge on any atom is 0.673 e. The molecule has 3 heterocycles. The predicted molar refractivity (Wildman–Crippen MR) is 79.4 cm³/mol. The van der Waals surface area contributed by atoms with Crippen LogP contribution in [0.2, 0.25) is 0 Å². The van der Waals surface area contributed by atoms with Gasteiger partial charge in [-0.05, 0) is 6.07 Å². The van der Waals surface area contributed by atoms with Crippen LogP contribution in [0.4, 0.5) is 17.3 Å². The molecule has 2 aliphatic heterocycles. The van der Waals surface area contributed by atoms with Crippen molar-refractivity contribution < 1.29 is 36.5 Å². The largest absolute Gasteiger partial charge is 0.673 e. The van der Waals surface area contributed by atoms with Crippen LogP contribution in [0.1, 0.15) is 18.0 Å². The van der Waals surface area contributed by atoms with Gasteiger partial charge in [-0.15, -0.1) is 0 Å². The maximum absolute atomic E-state index is 11.5. The lowest BCUT2D eigenvalue weighted by molar-refractivity contribution is -0.559. The molecular weight excluding hydrogens is 349 g/mol. The van der Waals surface area contributed by atoms with E-state index < -0.39 is 12.9 Å². The minimum absolute atomic E-state index is 0.0134. The molecule has 12 heteroatoms. The number of guanidine groups is 1. The number of hydrogen-bond acceptors (Lipinski definition) is 6. The van der Waals surface area contributed by atoms with Gasteiger partial charge in [-0.1, -0.05) is 0 Å². The number of nitrogens with two attached hydrogens (primary N) is 1. The van der Waals surface area contributed by atoms with Gasteiger partial charge in [0.1, 0.15) is 17.5 Å². The molecule has 1 aromatic carbocycles. The Labute approximate surface area is 137 Å². The van der Waals surface area contributed by atoms with Crippen molar-refractivity contribution in [1.82, 2.24) is 5.32 Å². The van der Waals surface area contributed by atoms with Crippen LogP contribution in [-0.2, 0) is 0 Å². The van der Waals surface area contributed by atoms with Gasteiger partial charge in [-0.25, -0.2) is 9.79 Å². The molecule has 5 N–H and O–H groups in total. The van der Waals surface area contributed by atoms with Gasteiger partial charge in [-0.3, -0.25) is 11.1 Å². The number of phenols is 1. The monoisotopic (exact) mass is 361 g/mol. The fourth-order valence-corrected chi connectivity index (χ4v) is 2.79. The Morgan fingerprint density at radius 1 is 1.32 bits per heavy atom. The molecule has 0 aliphatic carbocycles. The first-order valence-electron chi connectivity index (χ1n) is 7.11. The lowest BCUT2D eigenvalue weighted by Gasteiger charge is -2.32. The average molecular weight is 361 g/mol. The summed E-state index contributed by atoms with van der Waals surface area (Å²) in [6.45, 7) is 0. The van der Waals surface area contributed by atoms with Crippen LogP contribution in [0.25, 0.3) is 11.0 Å². The molecule has 2 atom stereocenters. The van der Waals surface area contributed by atoms with E-state index in [9.17, 15) is 27.2 Å². The first-order valence-corrected chi connectivity index (χ1v) is 7.11. The second kappa shape index (κ2) is 5.86. The zero-order chi connectivity index (χ0) is 18.4. The van der Waals surface area contributed by atoms with Crippen LogP contribution in [0.15, 0.2) is 27.4 Å². The normalized spacial score (nSPS) is 21.2. The minimum Gasteiger partial charge on any atom is -0.507 e. The average Bonchev–Trinajstić information content (AvgIpc) is 2.43. The summed E-state index contributed by atoms with van der Waals surface area (Å²) in [6.07, 6.45) is 0.382. The van der Waals surface area contributed by atoms with Crippen molar-refractivity contribution in [3.05, 3.63) is 34.2 Å². The van der Waals surface area contributed by atoms with Gasteiger partial charge in [0.05, 0.1) is 17.4 Å². The van der Waals surface area contributed by atoms with E-state index in [1.54, 1.807) is 0 Å². The molecule has 1 aromatic heterocycles. The van der Waals surface area contributed by atoms with Crippen LogP contribution in [-0.4, -0.2) is 24.5 Å². The molecule has 2 unspecified atom stereocenters. The summed E-state index contributed by atoms with van der Waals surface area (Å²) in [5, 5.41) is 13.6. The Morgan fingerprint density at radius 3 is 2.68 bits per heavy atom. The van der Waals surface area contributed by atoms with Gasteiger partial charge in [-0.2, -0.15) is 0 Å². The van der Waals surface area contributed by atoms with Crippen molar-refractivity contribution >= 4 is 24.2 Å². The Morgan fingerprint density at radius 2 is 2.00 bits per heavy atom. The van der Waals surface area contributed by atoms with Crippen LogP contribution < -0.4 is 26.4 Å². The second-order valence-electron chi connectivity index (χ2n) is 5.40. The second-order valence-corrected chi connectivity index (χ2v) is 5.40. The van der Waals surface area contributed by atoms with E-state index in [-0.39, 0.29) is 18.0 Å². The third-order valence-electron chi connectivity index (χ3n) is 3.60. The molecule has 0 fully saturated rings. The Balaban J connectivity index is 0.000000324. The van der Waals surface area contributed by atoms with Crippen molar-refractivity contribution in [2.75, 3.05) is 0 Å². The number of aromatic hydroxyl groups is 1. The Kier molecular flexibility index (Phi) is 3.97. The molecule has 0 saturated carbocycles. The summed E-state index contributed by atoms with van der Waals surface area (Å²) in [7, 11) is -6.00. The van der Waals surface area contributed by atoms with E-state index >= 15 is 0 Å². The predicted octanol–water partition coefficient (Wildman–Crippen LogP) is -0.0532. The third kappa shape index (κ3) is 3.62. The third-order valence-corrected chi connectivity index (χ3v) is 3.60. The quantitative estimate of drug-likeness (QED) is 0.297. The van der Waals surface area contributed by atoms with E-state index in [1.165, 1.54) is 18.2 Å². The van der Waals surface area contributed by atoms with Crippen LogP contribution in [0.3, 0.4) is 0 Å². The number of ether oxygens (including phenoxy) is 1. The zero-order valence-corrected chi connectivity index (χ0v) is 12.4. The highest BCUT2D eigenvalue weighted by Gasteiger charge is 2.38. The van der Waals surface area contributed by atoms with Crippen molar-refractivity contribution in [1.29, 1.82) is 0 Å². The molecule has 2 bridgehead atoms. The van der Waals surface area contributed by atoms with Crippen LogP contribution in [0, 0.1) is 0 Å². The van der Waals surface area contributed by atoms with Crippen LogP contribution >= 0.6 is 0 Å². The standard InChI is InChI=1S/C13H11N3O4.BF4/c14-13-15-6-3-9(16-13)19-8-4-7(17)5-1-2-10(18)20-12(5)11(6)8;2-1(3,4)5/h1-2,4,6,9,17H,3H2,(H3,14,15,16);/q;-1/p+1. The number of rotatable bonds is 0. The molecule has 7 nitrogen and oxygen atoms in total. The molecule has 0 spiro atoms. The van der Waals surface area contributed by atoms with Gasteiger partial charge in [0, 0.05) is 12.1 Å². The first kappa shape index (κ1) is 16.9. The van der Waals surface area contributed by atoms with Crippen molar-refractivity contribution in [2.24, 2.45) is 5.73 Å². The number of phenolic OH excluding ortho intramolecular Hbond substituents is 1. The SMILES string of the molecule is F[B-](F)(F)F.NC1=[NH+]C2CC(N1)c1c(cc(O)c3ccc(=O)oc13)O2. The summed E-state index contributed by atoms with van der Waals surface area (Å²) < 4.78 is 50.0. The maximum atomic E-state index is 11.5. The smallest absolute Gasteiger partial charge is 0.507 e. The van der Waals surface area contributed by atoms with Crippen molar-refractivity contribution in [2.45, 2.75) is 18.7 Å². The van der Waals surface area contributed by atoms with Crippen molar-refractivity contribution in [3.63, 3.8) is 0 Å². The molecule has 2 aliphatic rings. The molecular formula is C13H12BF4N3O4. The van der Waals surface area contributed by atoms with Gasteiger partial charge < -0.3 is 31.5 Å². The topological polar surface area (TPSA) is 112 Å². The summed E-state index contributed by atoms with van der Waals surface area (Å²) in [5.41, 5.74) is 6.32. The lowest BCUT2D eigenvalue weighted by Crippen LogP contribution is -2.89. The molecule has 0 saturated heterocycles.